The van der Waals surface area contributed by atoms with Crippen LogP contribution in [0.1, 0.15) is 11.1 Å². The van der Waals surface area contributed by atoms with E-state index in [1.807, 2.05) is 30.3 Å². The minimum Gasteiger partial charge on any atom is -0.497 e. The fourth-order valence-corrected chi connectivity index (χ4v) is 2.15. The molecule has 6 nitrogen and oxygen atoms in total. The third kappa shape index (κ3) is 4.81. The number of benzene rings is 2. The van der Waals surface area contributed by atoms with Crippen molar-refractivity contribution < 1.29 is 14.5 Å². The summed E-state index contributed by atoms with van der Waals surface area (Å²) < 4.78 is 5.04. The first-order valence-electron chi connectivity index (χ1n) is 7.18. The van der Waals surface area contributed by atoms with Crippen LogP contribution < -0.4 is 10.1 Å². The van der Waals surface area contributed by atoms with E-state index in [4.69, 9.17) is 4.74 Å². The number of nitro groups is 1. The summed E-state index contributed by atoms with van der Waals surface area (Å²) in [6, 6.07) is 14.8. The molecule has 0 aliphatic rings. The highest BCUT2D eigenvalue weighted by Gasteiger charge is 2.29. The number of nitrogens with zero attached hydrogens (tertiary/aromatic N) is 1. The predicted molar refractivity (Wildman–Crippen MR) is 85.8 cm³/mol. The zero-order chi connectivity index (χ0) is 16.7. The van der Waals surface area contributed by atoms with Crippen molar-refractivity contribution in [2.75, 3.05) is 7.11 Å². The molecule has 0 saturated carbocycles. The van der Waals surface area contributed by atoms with Crippen molar-refractivity contribution in [1.29, 1.82) is 0 Å². The van der Waals surface area contributed by atoms with Crippen molar-refractivity contribution in [3.63, 3.8) is 0 Å². The van der Waals surface area contributed by atoms with Crippen LogP contribution in [0.4, 0.5) is 0 Å². The van der Waals surface area contributed by atoms with Crippen molar-refractivity contribution >= 4 is 5.91 Å². The molecule has 1 amide bonds. The highest BCUT2D eigenvalue weighted by Crippen LogP contribution is 2.13. The minimum absolute atomic E-state index is 0.0393. The van der Waals surface area contributed by atoms with Gasteiger partial charge in [0.2, 0.25) is 0 Å². The van der Waals surface area contributed by atoms with Gasteiger partial charge in [0, 0.05) is 17.9 Å². The van der Waals surface area contributed by atoms with Crippen molar-refractivity contribution in [3.8, 4) is 5.75 Å². The number of hydrogen-bond donors (Lipinski definition) is 1. The van der Waals surface area contributed by atoms with Gasteiger partial charge in [-0.2, -0.15) is 0 Å². The Hall–Kier alpha value is -2.89. The average molecular weight is 314 g/mol. The fraction of sp³-hybridized carbons (Fsp3) is 0.235. The largest absolute Gasteiger partial charge is 0.497 e. The lowest BCUT2D eigenvalue weighted by molar-refractivity contribution is -0.507. The lowest BCUT2D eigenvalue weighted by Crippen LogP contribution is -2.40. The number of rotatable bonds is 7. The van der Waals surface area contributed by atoms with Gasteiger partial charge in [-0.15, -0.1) is 0 Å². The van der Waals surface area contributed by atoms with Gasteiger partial charge in [0.25, 0.3) is 11.9 Å². The van der Waals surface area contributed by atoms with E-state index in [-0.39, 0.29) is 13.0 Å². The van der Waals surface area contributed by atoms with Gasteiger partial charge in [-0.3, -0.25) is 14.9 Å². The second kappa shape index (κ2) is 7.93. The maximum atomic E-state index is 12.1. The molecule has 0 heterocycles. The SMILES string of the molecule is COc1ccc(CC(C(=O)NCc2ccccc2)[N+](=O)[O-])cc1. The maximum Gasteiger partial charge on any atom is 0.295 e. The summed E-state index contributed by atoms with van der Waals surface area (Å²) in [4.78, 5) is 22.8. The normalized spacial score (nSPS) is 11.5. The summed E-state index contributed by atoms with van der Waals surface area (Å²) in [6.45, 7) is 0.270. The van der Waals surface area contributed by atoms with E-state index in [0.717, 1.165) is 5.56 Å². The van der Waals surface area contributed by atoms with Crippen LogP contribution in [0.5, 0.6) is 5.75 Å². The molecule has 6 heteroatoms. The fourth-order valence-electron chi connectivity index (χ4n) is 2.15. The van der Waals surface area contributed by atoms with Crippen LogP contribution in [-0.2, 0) is 17.8 Å². The number of hydrogen-bond acceptors (Lipinski definition) is 4. The van der Waals surface area contributed by atoms with E-state index in [1.54, 1.807) is 31.4 Å². The quantitative estimate of drug-likeness (QED) is 0.627. The molecule has 1 N–H and O–H groups in total. The Kier molecular flexibility index (Phi) is 5.68. The molecule has 0 saturated heterocycles. The number of carbonyl (C=O) groups excluding carboxylic acids is 1. The smallest absolute Gasteiger partial charge is 0.295 e. The van der Waals surface area contributed by atoms with Gasteiger partial charge in [-0.1, -0.05) is 42.5 Å². The van der Waals surface area contributed by atoms with Crippen molar-refractivity contribution in [2.24, 2.45) is 0 Å². The molecular formula is C17H18N2O4. The van der Waals surface area contributed by atoms with E-state index < -0.39 is 16.9 Å². The standard InChI is InChI=1S/C17H18N2O4/c1-23-15-9-7-13(8-10-15)11-16(19(21)22)17(20)18-12-14-5-3-2-4-6-14/h2-10,16H,11-12H2,1H3,(H,18,20). The van der Waals surface area contributed by atoms with Gasteiger partial charge in [-0.05, 0) is 23.3 Å². The minimum atomic E-state index is -1.31. The molecule has 0 aromatic heterocycles. The molecule has 2 aromatic rings. The van der Waals surface area contributed by atoms with Crippen LogP contribution in [0.15, 0.2) is 54.6 Å². The van der Waals surface area contributed by atoms with Crippen LogP contribution in [-0.4, -0.2) is 24.0 Å². The van der Waals surface area contributed by atoms with Crippen LogP contribution in [0.2, 0.25) is 0 Å². The monoisotopic (exact) mass is 314 g/mol. The summed E-state index contributed by atoms with van der Waals surface area (Å²) in [5.74, 6) is 0.0783. The first-order chi connectivity index (χ1) is 11.1. The summed E-state index contributed by atoms with van der Waals surface area (Å²) >= 11 is 0. The van der Waals surface area contributed by atoms with Crippen LogP contribution >= 0.6 is 0 Å². The number of methoxy groups -OCH3 is 1. The van der Waals surface area contributed by atoms with Gasteiger partial charge < -0.3 is 10.1 Å². The molecule has 0 fully saturated rings. The van der Waals surface area contributed by atoms with E-state index in [1.165, 1.54) is 0 Å². The molecule has 120 valence electrons. The molecule has 1 unspecified atom stereocenters. The van der Waals surface area contributed by atoms with E-state index in [2.05, 4.69) is 5.32 Å². The zero-order valence-corrected chi connectivity index (χ0v) is 12.8. The Morgan fingerprint density at radius 3 is 2.35 bits per heavy atom. The second-order valence-electron chi connectivity index (χ2n) is 5.06. The highest BCUT2D eigenvalue weighted by atomic mass is 16.6. The summed E-state index contributed by atoms with van der Waals surface area (Å²) in [5.41, 5.74) is 1.61. The second-order valence-corrected chi connectivity index (χ2v) is 5.06. The van der Waals surface area contributed by atoms with Crippen LogP contribution in [0, 0.1) is 10.1 Å². The molecule has 1 atom stereocenters. The first-order valence-corrected chi connectivity index (χ1v) is 7.18. The number of amides is 1. The van der Waals surface area contributed by atoms with Crippen molar-refractivity contribution in [3.05, 3.63) is 75.8 Å². The van der Waals surface area contributed by atoms with Gasteiger partial charge in [0.15, 0.2) is 0 Å². The molecule has 2 aromatic carbocycles. The Balaban J connectivity index is 1.99. The lowest BCUT2D eigenvalue weighted by atomic mass is 10.1. The third-order valence-electron chi connectivity index (χ3n) is 3.45. The number of ether oxygens (including phenoxy) is 1. The number of nitrogens with one attached hydrogen (secondary N) is 1. The van der Waals surface area contributed by atoms with Crippen LogP contribution in [0.25, 0.3) is 0 Å². The molecule has 0 radical (unpaired) electrons. The first kappa shape index (κ1) is 16.5. The highest BCUT2D eigenvalue weighted by molar-refractivity contribution is 5.80. The third-order valence-corrected chi connectivity index (χ3v) is 3.45. The Morgan fingerprint density at radius 2 is 1.78 bits per heavy atom. The van der Waals surface area contributed by atoms with E-state index >= 15 is 0 Å². The summed E-state index contributed by atoms with van der Waals surface area (Å²) in [6.07, 6.45) is 0.0393. The van der Waals surface area contributed by atoms with Gasteiger partial charge >= 0.3 is 0 Å². The topological polar surface area (TPSA) is 81.5 Å². The molecule has 23 heavy (non-hydrogen) atoms. The number of carbonyl (C=O) groups is 1. The van der Waals surface area contributed by atoms with Gasteiger partial charge in [-0.25, -0.2) is 0 Å². The molecule has 0 bridgehead atoms. The lowest BCUT2D eigenvalue weighted by Gasteiger charge is -2.11. The van der Waals surface area contributed by atoms with Crippen molar-refractivity contribution in [1.82, 2.24) is 5.32 Å². The molecule has 2 rings (SSSR count). The van der Waals surface area contributed by atoms with Crippen LogP contribution in [0.3, 0.4) is 0 Å². The Labute approximate surface area is 134 Å². The summed E-state index contributed by atoms with van der Waals surface area (Å²) in [5, 5.41) is 13.8. The zero-order valence-electron chi connectivity index (χ0n) is 12.8. The average Bonchev–Trinajstić information content (AvgIpc) is 2.58. The van der Waals surface area contributed by atoms with Crippen molar-refractivity contribution in [2.45, 2.75) is 19.0 Å². The maximum absolute atomic E-state index is 12.1. The van der Waals surface area contributed by atoms with E-state index in [0.29, 0.717) is 11.3 Å². The molecule has 0 spiro atoms. The molecule has 0 aliphatic heterocycles. The molecular weight excluding hydrogens is 296 g/mol. The Morgan fingerprint density at radius 1 is 1.13 bits per heavy atom. The molecule has 0 aliphatic carbocycles. The summed E-state index contributed by atoms with van der Waals surface area (Å²) in [7, 11) is 1.55. The van der Waals surface area contributed by atoms with Gasteiger partial charge in [0.05, 0.1) is 7.11 Å². The predicted octanol–water partition coefficient (Wildman–Crippen LogP) is 2.20. The van der Waals surface area contributed by atoms with E-state index in [9.17, 15) is 14.9 Å². The Bertz CT molecular complexity index is 656. The van der Waals surface area contributed by atoms with Gasteiger partial charge in [0.1, 0.15) is 5.75 Å².